The number of amides is 2. The highest BCUT2D eigenvalue weighted by molar-refractivity contribution is 7.95. The zero-order chi connectivity index (χ0) is 55.6. The van der Waals surface area contributed by atoms with Crippen molar-refractivity contribution in [3.63, 3.8) is 0 Å². The lowest BCUT2D eigenvalue weighted by atomic mass is 9.95. The Balaban J connectivity index is 1.04. The Morgan fingerprint density at radius 3 is 1.65 bits per heavy atom. The number of fused-ring (bicyclic) bond motifs is 2. The van der Waals surface area contributed by atoms with E-state index >= 15 is 0 Å². The van der Waals surface area contributed by atoms with Gasteiger partial charge in [0.1, 0.15) is 20.2 Å². The van der Waals surface area contributed by atoms with E-state index in [9.17, 15) is 51.5 Å². The van der Waals surface area contributed by atoms with E-state index in [4.69, 9.17) is 14.8 Å². The standard InChI is InChI=1S/C49H40N2O21S6/c52-43-26-46(76-72-68-58)41(23-32-8-2-30(20-47(32)78(62,63)64)18-27-3-11-36(12-4-27)73-69-65-55)40-25-35(10-16-39(40)43)51-49(54)50-34-9-15-38-33(21-34)24-45(75-71-67-57)42(48(38)53)22-31-7-1-29(19-44(31)74-70-66-56)17-28-5-13-37(14-6-28)77(59,60)61/h1-16,19-21,24-26,52-53,55-58H,17-18,22-23H2,(H2,50,51,54)(H,59,60,61)(H,62,63,64)/p-6. The minimum atomic E-state index is -5.11. The summed E-state index contributed by atoms with van der Waals surface area (Å²) in [5.74, 6) is -1.01. The van der Waals surface area contributed by atoms with Gasteiger partial charge in [-0.15, -0.1) is 8.67 Å². The highest BCUT2D eigenvalue weighted by Gasteiger charge is 2.20. The van der Waals surface area contributed by atoms with Gasteiger partial charge >= 0.3 is 6.03 Å². The molecule has 78 heavy (non-hydrogen) atoms. The van der Waals surface area contributed by atoms with Crippen LogP contribution in [0.4, 0.5) is 16.2 Å². The summed E-state index contributed by atoms with van der Waals surface area (Å²) >= 11 is 2.18. The molecular weight excluding hydrogens is 1140 g/mol. The number of benzene rings is 8. The first kappa shape index (κ1) is 58.0. The average Bonchev–Trinajstić information content (AvgIpc) is 3.48. The molecular formula is C49H34N2O21S6-6. The second kappa shape index (κ2) is 26.2. The molecule has 408 valence electrons. The third-order valence-electron chi connectivity index (χ3n) is 11.7. The summed E-state index contributed by atoms with van der Waals surface area (Å²) in [7, 11) is -9.76. The number of urea groups is 1. The molecule has 0 aliphatic rings. The normalized spacial score (nSPS) is 11.9. The number of anilines is 2. The van der Waals surface area contributed by atoms with E-state index in [1.165, 1.54) is 78.9 Å². The van der Waals surface area contributed by atoms with Gasteiger partial charge in [0.15, 0.2) is 0 Å². The molecule has 0 saturated heterocycles. The van der Waals surface area contributed by atoms with E-state index in [0.717, 1.165) is 11.6 Å². The highest BCUT2D eigenvalue weighted by atomic mass is 32.2. The monoisotopic (exact) mass is 1180 g/mol. The summed E-state index contributed by atoms with van der Waals surface area (Å²) in [6, 6.07) is 32.0. The molecule has 0 fully saturated rings. The summed E-state index contributed by atoms with van der Waals surface area (Å²) in [6.07, 6.45) is 0.117. The molecule has 4 N–H and O–H groups in total. The first-order chi connectivity index (χ1) is 37.4. The third-order valence-corrected chi connectivity index (χ3v) is 16.1. The van der Waals surface area contributed by atoms with Crippen molar-refractivity contribution in [1.82, 2.24) is 0 Å². The summed E-state index contributed by atoms with van der Waals surface area (Å²) in [4.78, 5) is 13.8. The molecule has 2 amide bonds. The molecule has 0 heterocycles. The van der Waals surface area contributed by atoms with E-state index in [2.05, 4.69) is 43.8 Å². The zero-order valence-electron chi connectivity index (χ0n) is 39.1. The van der Waals surface area contributed by atoms with Gasteiger partial charge in [-0.25, -0.2) is 32.1 Å². The maximum atomic E-state index is 14.2. The largest absolute Gasteiger partial charge is 0.872 e. The smallest absolute Gasteiger partial charge is 0.323 e. The van der Waals surface area contributed by atoms with Crippen molar-refractivity contribution in [1.29, 1.82) is 0 Å². The Bertz CT molecular complexity index is 3710. The Hall–Kier alpha value is -6.11. The van der Waals surface area contributed by atoms with Crippen LogP contribution < -0.4 is 31.4 Å². The maximum Gasteiger partial charge on any atom is 0.323 e. The van der Waals surface area contributed by atoms with Gasteiger partial charge in [0.05, 0.1) is 58.0 Å². The van der Waals surface area contributed by atoms with Crippen molar-refractivity contribution >= 4 is 107 Å². The minimum Gasteiger partial charge on any atom is -0.872 e. The molecule has 0 atom stereocenters. The van der Waals surface area contributed by atoms with Crippen LogP contribution in [0.25, 0.3) is 21.5 Å². The van der Waals surface area contributed by atoms with E-state index in [1.54, 1.807) is 48.5 Å². The first-order valence-corrected chi connectivity index (χ1v) is 27.7. The number of carbonyl (C=O) groups is 1. The second-order valence-electron chi connectivity index (χ2n) is 16.5. The molecule has 0 spiro atoms. The fraction of sp³-hybridized carbons (Fsp3) is 0.0816. The van der Waals surface area contributed by atoms with Crippen molar-refractivity contribution in [3.05, 3.63) is 178 Å². The minimum absolute atomic E-state index is 0.0419. The number of nitrogens with one attached hydrogen (secondary N) is 2. The zero-order valence-corrected chi connectivity index (χ0v) is 44.0. The van der Waals surface area contributed by atoms with Crippen LogP contribution >= 0.6 is 48.2 Å². The van der Waals surface area contributed by atoms with Crippen molar-refractivity contribution in [2.24, 2.45) is 0 Å². The number of carbonyl (C=O) groups excluding carboxylic acids is 1. The van der Waals surface area contributed by atoms with Crippen molar-refractivity contribution in [3.8, 4) is 11.5 Å². The Kier molecular flexibility index (Phi) is 19.5. The molecule has 0 bridgehead atoms. The van der Waals surface area contributed by atoms with Crippen LogP contribution in [0, 0.1) is 0 Å². The van der Waals surface area contributed by atoms with Gasteiger partial charge in [-0.3, -0.25) is 10.1 Å². The van der Waals surface area contributed by atoms with Crippen molar-refractivity contribution in [2.75, 3.05) is 10.6 Å². The Labute approximate surface area is 459 Å². The maximum absolute atomic E-state index is 14.2. The predicted octanol–water partition coefficient (Wildman–Crippen LogP) is 7.27. The lowest BCUT2D eigenvalue weighted by Gasteiger charge is -2.22. The van der Waals surface area contributed by atoms with Gasteiger partial charge in [-0.1, -0.05) is 88.3 Å². The van der Waals surface area contributed by atoms with E-state index in [1.807, 2.05) is 0 Å². The number of hydrogen-bond donors (Lipinski definition) is 4. The van der Waals surface area contributed by atoms with Crippen molar-refractivity contribution < 1.29 is 99.5 Å². The lowest BCUT2D eigenvalue weighted by molar-refractivity contribution is -0.777. The van der Waals surface area contributed by atoms with Crippen LogP contribution in [-0.2, 0) is 83.4 Å². The molecule has 0 aliphatic heterocycles. The summed E-state index contributed by atoms with van der Waals surface area (Å²) in [5.41, 5.74) is 3.78. The van der Waals surface area contributed by atoms with Gasteiger partial charge in [0.25, 0.3) is 0 Å². The van der Waals surface area contributed by atoms with Gasteiger partial charge in [0, 0.05) is 37.4 Å². The quantitative estimate of drug-likeness (QED) is 0.0200. The molecule has 0 aliphatic carbocycles. The van der Waals surface area contributed by atoms with Gasteiger partial charge in [0.2, 0.25) is 0 Å². The SMILES string of the molecule is O=C(Nc1ccc2c([O-])c(Cc3ccc(Cc4ccc(S(=O)(=O)[O-])cc4)cc3SOO[O-])c(SOOO)cc2c1)Nc1ccc2c([O-])cc(SOOO)c(Cc3ccc(Cc4ccc(SOO[O-])cc4)cc3S(=O)(=O)[O-])c2c1. The number of hydrogen-bond acceptors (Lipinski definition) is 25. The van der Waals surface area contributed by atoms with Crippen LogP contribution in [-0.4, -0.2) is 42.5 Å². The third kappa shape index (κ3) is 14.8. The molecule has 8 aromatic carbocycles. The summed E-state index contributed by atoms with van der Waals surface area (Å²) in [5, 5.41) is 87.5. The average molecular weight is 1180 g/mol. The molecule has 0 radical (unpaired) electrons. The van der Waals surface area contributed by atoms with Crippen LogP contribution in [0.15, 0.2) is 163 Å². The second-order valence-corrected chi connectivity index (χ2v) is 22.2. The van der Waals surface area contributed by atoms with Crippen LogP contribution in [0.3, 0.4) is 0 Å². The van der Waals surface area contributed by atoms with Crippen LogP contribution in [0.5, 0.6) is 11.5 Å². The molecule has 0 aromatic heterocycles. The van der Waals surface area contributed by atoms with Crippen LogP contribution in [0.1, 0.15) is 44.5 Å². The van der Waals surface area contributed by atoms with Crippen LogP contribution in [0.2, 0.25) is 0 Å². The van der Waals surface area contributed by atoms with Gasteiger partial charge in [-0.05, 0) is 152 Å². The molecule has 29 heteroatoms. The Morgan fingerprint density at radius 2 is 1.04 bits per heavy atom. The topological polar surface area (TPSA) is 362 Å². The van der Waals surface area contributed by atoms with Gasteiger partial charge in [-0.2, -0.15) is 8.67 Å². The highest BCUT2D eigenvalue weighted by Crippen LogP contribution is 2.41. The Morgan fingerprint density at radius 1 is 0.500 bits per heavy atom. The predicted molar refractivity (Wildman–Crippen MR) is 270 cm³/mol. The van der Waals surface area contributed by atoms with E-state index in [-0.39, 0.29) is 79.7 Å². The van der Waals surface area contributed by atoms with Gasteiger partial charge < -0.3 is 40.5 Å². The molecule has 8 rings (SSSR count). The number of rotatable bonds is 24. The molecule has 23 nitrogen and oxygen atoms in total. The molecule has 0 unspecified atom stereocenters. The first-order valence-electron chi connectivity index (χ1n) is 21.9. The van der Waals surface area contributed by atoms with E-state index < -0.39 is 47.6 Å². The van der Waals surface area contributed by atoms with E-state index in [0.29, 0.717) is 85.6 Å². The fourth-order valence-corrected chi connectivity index (χ4v) is 11.5. The van der Waals surface area contributed by atoms with Crippen molar-refractivity contribution in [2.45, 2.75) is 55.1 Å². The lowest BCUT2D eigenvalue weighted by Crippen LogP contribution is -2.19. The molecule has 8 aromatic rings. The summed E-state index contributed by atoms with van der Waals surface area (Å²) in [6.45, 7) is 0. The molecule has 0 saturated carbocycles. The summed E-state index contributed by atoms with van der Waals surface area (Å²) < 4.78 is 90.9. The fourth-order valence-electron chi connectivity index (χ4n) is 8.28.